The van der Waals surface area contributed by atoms with Crippen LogP contribution in [0.15, 0.2) is 48.5 Å². The maximum absolute atomic E-state index is 12.8. The highest BCUT2D eigenvalue weighted by Gasteiger charge is 2.26. The molecule has 1 saturated heterocycles. The van der Waals surface area contributed by atoms with Crippen molar-refractivity contribution in [3.8, 4) is 0 Å². The predicted molar refractivity (Wildman–Crippen MR) is 111 cm³/mol. The SMILES string of the molecule is O=C(NCc1ccccc1)Nc1ccc(N2CCCC2)c(C(=O)NC2CC2)c1. The molecule has 0 atom stereocenters. The fraction of sp³-hybridized carbons (Fsp3) is 0.364. The molecule has 3 amide bonds. The van der Waals surface area contributed by atoms with Gasteiger partial charge in [0, 0.05) is 37.1 Å². The second-order valence-corrected chi connectivity index (χ2v) is 7.47. The molecule has 0 bridgehead atoms. The van der Waals surface area contributed by atoms with Crippen molar-refractivity contribution in [3.05, 3.63) is 59.7 Å². The summed E-state index contributed by atoms with van der Waals surface area (Å²) in [5.74, 6) is -0.0576. The summed E-state index contributed by atoms with van der Waals surface area (Å²) in [5, 5.41) is 8.76. The average molecular weight is 378 g/mol. The molecule has 1 aliphatic carbocycles. The summed E-state index contributed by atoms with van der Waals surface area (Å²) in [5.41, 5.74) is 3.24. The normalized spacial score (nSPS) is 15.9. The van der Waals surface area contributed by atoms with Crippen LogP contribution >= 0.6 is 0 Å². The molecule has 0 aromatic heterocycles. The molecule has 3 N–H and O–H groups in total. The number of carbonyl (C=O) groups excluding carboxylic acids is 2. The molecule has 0 radical (unpaired) electrons. The van der Waals surface area contributed by atoms with E-state index in [0.29, 0.717) is 23.8 Å². The topological polar surface area (TPSA) is 73.5 Å². The molecule has 1 aliphatic heterocycles. The molecular weight excluding hydrogens is 352 g/mol. The van der Waals surface area contributed by atoms with E-state index in [1.54, 1.807) is 6.07 Å². The number of carbonyl (C=O) groups is 2. The fourth-order valence-electron chi connectivity index (χ4n) is 3.47. The quantitative estimate of drug-likeness (QED) is 0.720. The van der Waals surface area contributed by atoms with E-state index >= 15 is 0 Å². The molecule has 28 heavy (non-hydrogen) atoms. The van der Waals surface area contributed by atoms with E-state index in [1.807, 2.05) is 42.5 Å². The number of hydrogen-bond donors (Lipinski definition) is 3. The fourth-order valence-corrected chi connectivity index (χ4v) is 3.47. The van der Waals surface area contributed by atoms with Gasteiger partial charge in [-0.25, -0.2) is 4.79 Å². The van der Waals surface area contributed by atoms with E-state index in [2.05, 4.69) is 20.9 Å². The molecule has 6 heteroatoms. The van der Waals surface area contributed by atoms with Crippen LogP contribution in [-0.2, 0) is 6.54 Å². The lowest BCUT2D eigenvalue weighted by Crippen LogP contribution is -2.30. The van der Waals surface area contributed by atoms with Crippen molar-refractivity contribution in [1.29, 1.82) is 0 Å². The van der Waals surface area contributed by atoms with Gasteiger partial charge < -0.3 is 20.9 Å². The van der Waals surface area contributed by atoms with Crippen molar-refractivity contribution in [2.45, 2.75) is 38.3 Å². The number of benzene rings is 2. The van der Waals surface area contributed by atoms with Crippen molar-refractivity contribution < 1.29 is 9.59 Å². The van der Waals surface area contributed by atoms with Crippen LogP contribution < -0.4 is 20.9 Å². The number of anilines is 2. The lowest BCUT2D eigenvalue weighted by molar-refractivity contribution is 0.0951. The molecule has 2 aliphatic rings. The highest BCUT2D eigenvalue weighted by atomic mass is 16.2. The van der Waals surface area contributed by atoms with Crippen LogP contribution in [0.4, 0.5) is 16.2 Å². The minimum Gasteiger partial charge on any atom is -0.371 e. The summed E-state index contributed by atoms with van der Waals surface area (Å²) in [4.78, 5) is 27.3. The molecular formula is C22H26N4O2. The molecule has 1 heterocycles. The van der Waals surface area contributed by atoms with Crippen molar-refractivity contribution in [1.82, 2.24) is 10.6 Å². The number of urea groups is 1. The van der Waals surface area contributed by atoms with E-state index in [9.17, 15) is 9.59 Å². The van der Waals surface area contributed by atoms with E-state index in [4.69, 9.17) is 0 Å². The summed E-state index contributed by atoms with van der Waals surface area (Å²) in [7, 11) is 0. The molecule has 6 nitrogen and oxygen atoms in total. The molecule has 1 saturated carbocycles. The first kappa shape index (κ1) is 18.3. The predicted octanol–water partition coefficient (Wildman–Crippen LogP) is 3.50. The van der Waals surface area contributed by atoms with Gasteiger partial charge in [0.25, 0.3) is 5.91 Å². The summed E-state index contributed by atoms with van der Waals surface area (Å²) >= 11 is 0. The third-order valence-corrected chi connectivity index (χ3v) is 5.15. The zero-order chi connectivity index (χ0) is 19.3. The Morgan fingerprint density at radius 3 is 2.46 bits per heavy atom. The Kier molecular flexibility index (Phi) is 5.46. The molecule has 4 rings (SSSR count). The molecule has 146 valence electrons. The number of rotatable bonds is 6. The number of nitrogens with one attached hydrogen (secondary N) is 3. The van der Waals surface area contributed by atoms with Crippen molar-refractivity contribution in [3.63, 3.8) is 0 Å². The number of hydrogen-bond acceptors (Lipinski definition) is 3. The first-order valence-electron chi connectivity index (χ1n) is 9.98. The van der Waals surface area contributed by atoms with Gasteiger partial charge in [-0.3, -0.25) is 4.79 Å². The first-order valence-corrected chi connectivity index (χ1v) is 9.98. The van der Waals surface area contributed by atoms with E-state index in [0.717, 1.165) is 50.0 Å². The smallest absolute Gasteiger partial charge is 0.319 e. The summed E-state index contributed by atoms with van der Waals surface area (Å²) in [6.07, 6.45) is 4.38. The van der Waals surface area contributed by atoms with Crippen LogP contribution in [0.1, 0.15) is 41.6 Å². The van der Waals surface area contributed by atoms with E-state index < -0.39 is 0 Å². The Bertz CT molecular complexity index is 843. The Hall–Kier alpha value is -3.02. The summed E-state index contributed by atoms with van der Waals surface area (Å²) in [6.45, 7) is 2.38. The Balaban J connectivity index is 1.45. The van der Waals surface area contributed by atoms with Crippen molar-refractivity contribution in [2.24, 2.45) is 0 Å². The second kappa shape index (κ2) is 8.33. The zero-order valence-corrected chi connectivity index (χ0v) is 15.9. The first-order chi connectivity index (χ1) is 13.7. The van der Waals surface area contributed by atoms with Crippen LogP contribution in [0.3, 0.4) is 0 Å². The minimum absolute atomic E-state index is 0.0576. The van der Waals surface area contributed by atoms with Crippen LogP contribution in [0.2, 0.25) is 0 Å². The molecule has 0 unspecified atom stereocenters. The van der Waals surface area contributed by atoms with Crippen LogP contribution in [0, 0.1) is 0 Å². The maximum atomic E-state index is 12.8. The van der Waals surface area contributed by atoms with E-state index in [-0.39, 0.29) is 11.9 Å². The van der Waals surface area contributed by atoms with Gasteiger partial charge in [0.05, 0.1) is 5.56 Å². The van der Waals surface area contributed by atoms with Gasteiger partial charge in [-0.1, -0.05) is 30.3 Å². The lowest BCUT2D eigenvalue weighted by Gasteiger charge is -2.22. The monoisotopic (exact) mass is 378 g/mol. The Morgan fingerprint density at radius 2 is 1.75 bits per heavy atom. The van der Waals surface area contributed by atoms with Crippen LogP contribution in [0.25, 0.3) is 0 Å². The number of amides is 3. The van der Waals surface area contributed by atoms with Crippen LogP contribution in [-0.4, -0.2) is 31.1 Å². The zero-order valence-electron chi connectivity index (χ0n) is 15.9. The standard InChI is InChI=1S/C22H26N4O2/c27-21(24-17-8-9-17)19-14-18(10-11-20(19)26-12-4-5-13-26)25-22(28)23-15-16-6-2-1-3-7-16/h1-3,6-7,10-11,14,17H,4-5,8-9,12-13,15H2,(H,24,27)(H2,23,25,28). The Labute approximate surface area is 165 Å². The molecule has 2 aromatic carbocycles. The van der Waals surface area contributed by atoms with Gasteiger partial charge >= 0.3 is 6.03 Å². The van der Waals surface area contributed by atoms with Gasteiger partial charge in [-0.05, 0) is 49.4 Å². The summed E-state index contributed by atoms with van der Waals surface area (Å²) in [6, 6.07) is 15.4. The molecule has 2 aromatic rings. The van der Waals surface area contributed by atoms with Crippen molar-refractivity contribution >= 4 is 23.3 Å². The third kappa shape index (κ3) is 4.63. The second-order valence-electron chi connectivity index (χ2n) is 7.47. The Morgan fingerprint density at radius 1 is 1.00 bits per heavy atom. The van der Waals surface area contributed by atoms with Crippen LogP contribution in [0.5, 0.6) is 0 Å². The van der Waals surface area contributed by atoms with Gasteiger partial charge in [0.2, 0.25) is 0 Å². The number of nitrogens with zero attached hydrogens (tertiary/aromatic N) is 1. The van der Waals surface area contributed by atoms with Gasteiger partial charge in [0.15, 0.2) is 0 Å². The van der Waals surface area contributed by atoms with Gasteiger partial charge in [0.1, 0.15) is 0 Å². The third-order valence-electron chi connectivity index (χ3n) is 5.15. The lowest BCUT2D eigenvalue weighted by atomic mass is 10.1. The molecule has 0 spiro atoms. The van der Waals surface area contributed by atoms with E-state index in [1.165, 1.54) is 0 Å². The highest BCUT2D eigenvalue weighted by molar-refractivity contribution is 6.02. The van der Waals surface area contributed by atoms with Gasteiger partial charge in [-0.2, -0.15) is 0 Å². The molecule has 2 fully saturated rings. The largest absolute Gasteiger partial charge is 0.371 e. The minimum atomic E-state index is -0.286. The highest BCUT2D eigenvalue weighted by Crippen LogP contribution is 2.29. The van der Waals surface area contributed by atoms with Crippen molar-refractivity contribution in [2.75, 3.05) is 23.3 Å². The summed E-state index contributed by atoms with van der Waals surface area (Å²) < 4.78 is 0. The van der Waals surface area contributed by atoms with Gasteiger partial charge in [-0.15, -0.1) is 0 Å². The maximum Gasteiger partial charge on any atom is 0.319 e. The average Bonchev–Trinajstić information content (AvgIpc) is 3.36.